The molecule has 0 aromatic rings. The van der Waals surface area contributed by atoms with Crippen molar-refractivity contribution in [1.29, 1.82) is 0 Å². The van der Waals surface area contributed by atoms with Crippen LogP contribution in [0.3, 0.4) is 0 Å². The molecule has 0 saturated carbocycles. The third-order valence-corrected chi connectivity index (χ3v) is 2.60. The molecule has 16 heavy (non-hydrogen) atoms. The molecular formula is C13H29NO2. The number of methoxy groups -OCH3 is 1. The van der Waals surface area contributed by atoms with Crippen molar-refractivity contribution in [3.63, 3.8) is 0 Å². The summed E-state index contributed by atoms with van der Waals surface area (Å²) in [6.07, 6.45) is 4.95. The molecule has 0 rings (SSSR count). The Labute approximate surface area is 101 Å². The van der Waals surface area contributed by atoms with Crippen LogP contribution in [0, 0.1) is 5.92 Å². The van der Waals surface area contributed by atoms with Crippen molar-refractivity contribution in [2.45, 2.75) is 39.5 Å². The van der Waals surface area contributed by atoms with E-state index in [0.29, 0.717) is 6.61 Å². The molecular weight excluding hydrogens is 202 g/mol. The third kappa shape index (κ3) is 12.0. The van der Waals surface area contributed by atoms with E-state index in [9.17, 15) is 0 Å². The molecule has 1 N–H and O–H groups in total. The molecule has 0 aromatic heterocycles. The first-order chi connectivity index (χ1) is 7.81. The molecule has 0 aliphatic rings. The average Bonchev–Trinajstić information content (AvgIpc) is 2.27. The minimum absolute atomic E-state index is 0.701. The zero-order valence-electron chi connectivity index (χ0n) is 11.3. The van der Waals surface area contributed by atoms with Crippen LogP contribution in [0.25, 0.3) is 0 Å². The van der Waals surface area contributed by atoms with Gasteiger partial charge in [0.05, 0.1) is 13.2 Å². The average molecular weight is 231 g/mol. The lowest BCUT2D eigenvalue weighted by Crippen LogP contribution is -2.22. The number of hydrogen-bond acceptors (Lipinski definition) is 3. The van der Waals surface area contributed by atoms with E-state index in [1.165, 1.54) is 19.3 Å². The summed E-state index contributed by atoms with van der Waals surface area (Å²) >= 11 is 0. The van der Waals surface area contributed by atoms with Gasteiger partial charge < -0.3 is 14.8 Å². The van der Waals surface area contributed by atoms with E-state index in [1.807, 2.05) is 0 Å². The van der Waals surface area contributed by atoms with Gasteiger partial charge in [0.2, 0.25) is 0 Å². The Kier molecular flexibility index (Phi) is 12.9. The fourth-order valence-corrected chi connectivity index (χ4v) is 1.64. The summed E-state index contributed by atoms with van der Waals surface area (Å²) in [6, 6.07) is 0. The monoisotopic (exact) mass is 231 g/mol. The SMILES string of the molecule is CCCC(C)CNCCCCOCCOC. The third-order valence-electron chi connectivity index (χ3n) is 2.60. The van der Waals surface area contributed by atoms with Gasteiger partial charge in [0, 0.05) is 13.7 Å². The first-order valence-electron chi connectivity index (χ1n) is 6.58. The molecule has 0 aliphatic heterocycles. The van der Waals surface area contributed by atoms with Crippen LogP contribution in [0.4, 0.5) is 0 Å². The van der Waals surface area contributed by atoms with Crippen LogP contribution < -0.4 is 5.32 Å². The zero-order valence-corrected chi connectivity index (χ0v) is 11.3. The molecule has 0 amide bonds. The maximum absolute atomic E-state index is 5.39. The van der Waals surface area contributed by atoms with E-state index in [-0.39, 0.29) is 0 Å². The number of rotatable bonds is 12. The molecule has 0 bridgehead atoms. The van der Waals surface area contributed by atoms with Crippen LogP contribution in [0.5, 0.6) is 0 Å². The molecule has 0 fully saturated rings. The highest BCUT2D eigenvalue weighted by Gasteiger charge is 1.98. The summed E-state index contributed by atoms with van der Waals surface area (Å²) in [7, 11) is 1.70. The molecule has 98 valence electrons. The molecule has 1 unspecified atom stereocenters. The highest BCUT2D eigenvalue weighted by atomic mass is 16.5. The summed E-state index contributed by atoms with van der Waals surface area (Å²) in [5.41, 5.74) is 0. The van der Waals surface area contributed by atoms with Crippen LogP contribution in [0.1, 0.15) is 39.5 Å². The lowest BCUT2D eigenvalue weighted by atomic mass is 10.1. The Morgan fingerprint density at radius 1 is 1.12 bits per heavy atom. The van der Waals surface area contributed by atoms with E-state index in [2.05, 4.69) is 19.2 Å². The first kappa shape index (κ1) is 15.9. The molecule has 0 spiro atoms. The van der Waals surface area contributed by atoms with Gasteiger partial charge in [-0.25, -0.2) is 0 Å². The Hall–Kier alpha value is -0.120. The van der Waals surface area contributed by atoms with Gasteiger partial charge in [0.1, 0.15) is 0 Å². The Morgan fingerprint density at radius 3 is 2.62 bits per heavy atom. The van der Waals surface area contributed by atoms with Crippen LogP contribution in [0.2, 0.25) is 0 Å². The summed E-state index contributed by atoms with van der Waals surface area (Å²) in [4.78, 5) is 0. The predicted octanol–water partition coefficient (Wildman–Crippen LogP) is 2.46. The summed E-state index contributed by atoms with van der Waals surface area (Å²) in [5.74, 6) is 0.808. The van der Waals surface area contributed by atoms with Crippen LogP contribution in [-0.2, 0) is 9.47 Å². The second kappa shape index (κ2) is 12.9. The minimum Gasteiger partial charge on any atom is -0.382 e. The number of ether oxygens (including phenoxy) is 2. The van der Waals surface area contributed by atoms with Crippen molar-refractivity contribution in [3.8, 4) is 0 Å². The Bertz CT molecular complexity index is 131. The molecule has 1 atom stereocenters. The quantitative estimate of drug-likeness (QED) is 0.523. The smallest absolute Gasteiger partial charge is 0.0700 e. The molecule has 0 saturated heterocycles. The van der Waals surface area contributed by atoms with Gasteiger partial charge >= 0.3 is 0 Å². The van der Waals surface area contributed by atoms with Crippen molar-refractivity contribution in [2.75, 3.05) is 40.0 Å². The maximum atomic E-state index is 5.39. The Balaban J connectivity index is 2.98. The first-order valence-corrected chi connectivity index (χ1v) is 6.58. The largest absolute Gasteiger partial charge is 0.382 e. The lowest BCUT2D eigenvalue weighted by molar-refractivity contribution is 0.0688. The van der Waals surface area contributed by atoms with Crippen molar-refractivity contribution in [3.05, 3.63) is 0 Å². The standard InChI is InChI=1S/C13H29NO2/c1-4-7-13(2)12-14-8-5-6-9-16-11-10-15-3/h13-14H,4-12H2,1-3H3. The van der Waals surface area contributed by atoms with Gasteiger partial charge in [0.25, 0.3) is 0 Å². The van der Waals surface area contributed by atoms with Crippen LogP contribution in [-0.4, -0.2) is 40.0 Å². The summed E-state index contributed by atoms with van der Waals surface area (Å²) < 4.78 is 10.3. The predicted molar refractivity (Wildman–Crippen MR) is 68.9 cm³/mol. The fourth-order valence-electron chi connectivity index (χ4n) is 1.64. The van der Waals surface area contributed by atoms with Gasteiger partial charge in [-0.3, -0.25) is 0 Å². The van der Waals surface area contributed by atoms with E-state index < -0.39 is 0 Å². The molecule has 0 heterocycles. The van der Waals surface area contributed by atoms with Crippen LogP contribution >= 0.6 is 0 Å². The van der Waals surface area contributed by atoms with Gasteiger partial charge in [-0.15, -0.1) is 0 Å². The van der Waals surface area contributed by atoms with E-state index >= 15 is 0 Å². The zero-order chi connectivity index (χ0) is 12.1. The van der Waals surface area contributed by atoms with E-state index in [4.69, 9.17) is 9.47 Å². The van der Waals surface area contributed by atoms with Crippen molar-refractivity contribution < 1.29 is 9.47 Å². The number of nitrogens with one attached hydrogen (secondary N) is 1. The fraction of sp³-hybridized carbons (Fsp3) is 1.00. The highest BCUT2D eigenvalue weighted by Crippen LogP contribution is 2.02. The molecule has 3 nitrogen and oxygen atoms in total. The van der Waals surface area contributed by atoms with Gasteiger partial charge in [-0.05, 0) is 38.3 Å². The van der Waals surface area contributed by atoms with Crippen molar-refractivity contribution in [2.24, 2.45) is 5.92 Å². The van der Waals surface area contributed by atoms with Gasteiger partial charge in [0.15, 0.2) is 0 Å². The topological polar surface area (TPSA) is 30.5 Å². The van der Waals surface area contributed by atoms with Crippen molar-refractivity contribution >= 4 is 0 Å². The summed E-state index contributed by atoms with van der Waals surface area (Å²) in [5, 5.41) is 3.49. The molecule has 0 aliphatic carbocycles. The lowest BCUT2D eigenvalue weighted by Gasteiger charge is -2.11. The Morgan fingerprint density at radius 2 is 1.94 bits per heavy atom. The normalized spacial score (nSPS) is 12.9. The minimum atomic E-state index is 0.701. The van der Waals surface area contributed by atoms with Gasteiger partial charge in [-0.2, -0.15) is 0 Å². The van der Waals surface area contributed by atoms with Gasteiger partial charge in [-0.1, -0.05) is 20.3 Å². The number of unbranched alkanes of at least 4 members (excludes halogenated alkanes) is 1. The molecule has 0 aromatic carbocycles. The summed E-state index contributed by atoms with van der Waals surface area (Å²) in [6.45, 7) is 9.10. The number of hydrogen-bond donors (Lipinski definition) is 1. The van der Waals surface area contributed by atoms with E-state index in [1.54, 1.807) is 7.11 Å². The second-order valence-corrected chi connectivity index (χ2v) is 4.41. The van der Waals surface area contributed by atoms with E-state index in [0.717, 1.165) is 38.6 Å². The van der Waals surface area contributed by atoms with Crippen molar-refractivity contribution in [1.82, 2.24) is 5.32 Å². The highest BCUT2D eigenvalue weighted by molar-refractivity contribution is 4.56. The molecule has 3 heteroatoms. The van der Waals surface area contributed by atoms with Crippen LogP contribution in [0.15, 0.2) is 0 Å². The molecule has 0 radical (unpaired) electrons. The second-order valence-electron chi connectivity index (χ2n) is 4.41. The maximum Gasteiger partial charge on any atom is 0.0700 e.